The lowest BCUT2D eigenvalue weighted by Gasteiger charge is -2.13. The third-order valence-corrected chi connectivity index (χ3v) is 3.17. The first kappa shape index (κ1) is 11.7. The molecule has 0 aliphatic rings. The Bertz CT molecular complexity index is 274. The summed E-state index contributed by atoms with van der Waals surface area (Å²) in [5.41, 5.74) is 0. The van der Waals surface area contributed by atoms with Crippen molar-refractivity contribution in [2.75, 3.05) is 11.9 Å². The van der Waals surface area contributed by atoms with Crippen molar-refractivity contribution < 1.29 is 0 Å². The van der Waals surface area contributed by atoms with Gasteiger partial charge in [-0.25, -0.2) is 9.97 Å². The highest BCUT2D eigenvalue weighted by Gasteiger charge is 2.05. The zero-order chi connectivity index (χ0) is 10.4. The fraction of sp³-hybridized carbons (Fsp3) is 0.600. The van der Waals surface area contributed by atoms with Crippen LogP contribution in [0.5, 0.6) is 0 Å². The average molecular weight is 305 g/mol. The molecule has 0 saturated heterocycles. The van der Waals surface area contributed by atoms with Crippen molar-refractivity contribution in [2.24, 2.45) is 5.92 Å². The van der Waals surface area contributed by atoms with Crippen molar-refractivity contribution in [1.82, 2.24) is 9.97 Å². The molecule has 1 aromatic heterocycles. The van der Waals surface area contributed by atoms with E-state index in [1.54, 1.807) is 6.33 Å². The van der Waals surface area contributed by atoms with Crippen LogP contribution in [0.15, 0.2) is 12.5 Å². The number of anilines is 1. The molecule has 4 heteroatoms. The van der Waals surface area contributed by atoms with E-state index >= 15 is 0 Å². The Morgan fingerprint density at radius 1 is 1.43 bits per heavy atom. The average Bonchev–Trinajstić information content (AvgIpc) is 2.22. The minimum atomic E-state index is 0.737. The third kappa shape index (κ3) is 3.40. The van der Waals surface area contributed by atoms with Crippen molar-refractivity contribution in [2.45, 2.75) is 26.7 Å². The number of hydrogen-bond donors (Lipinski definition) is 1. The lowest BCUT2D eigenvalue weighted by Crippen LogP contribution is -2.14. The highest BCUT2D eigenvalue weighted by Crippen LogP contribution is 2.14. The zero-order valence-electron chi connectivity index (χ0n) is 8.63. The molecule has 3 nitrogen and oxygen atoms in total. The predicted molar refractivity (Wildman–Crippen MR) is 67.3 cm³/mol. The topological polar surface area (TPSA) is 37.8 Å². The molecule has 1 N–H and O–H groups in total. The van der Waals surface area contributed by atoms with E-state index in [0.29, 0.717) is 0 Å². The molecule has 0 atom stereocenters. The molecule has 1 heterocycles. The van der Waals surface area contributed by atoms with E-state index in [1.165, 1.54) is 12.8 Å². The number of aromatic nitrogens is 2. The molecule has 0 amide bonds. The van der Waals surface area contributed by atoms with Crippen LogP contribution in [0.1, 0.15) is 26.7 Å². The van der Waals surface area contributed by atoms with E-state index in [9.17, 15) is 0 Å². The maximum Gasteiger partial charge on any atom is 0.142 e. The zero-order valence-corrected chi connectivity index (χ0v) is 10.8. The molecule has 0 saturated carbocycles. The van der Waals surface area contributed by atoms with Gasteiger partial charge in [0.2, 0.25) is 0 Å². The van der Waals surface area contributed by atoms with Crippen LogP contribution in [0, 0.1) is 9.49 Å². The first-order valence-electron chi connectivity index (χ1n) is 4.97. The molecule has 1 aromatic rings. The number of halogens is 1. The van der Waals surface area contributed by atoms with Gasteiger partial charge in [-0.15, -0.1) is 0 Å². The molecule has 1 rings (SSSR count). The summed E-state index contributed by atoms with van der Waals surface area (Å²) in [4.78, 5) is 8.14. The maximum atomic E-state index is 4.19. The SMILES string of the molecule is CCC(CC)CNc1ncncc1I. The van der Waals surface area contributed by atoms with Crippen molar-refractivity contribution in [3.8, 4) is 0 Å². The Morgan fingerprint density at radius 3 is 2.71 bits per heavy atom. The van der Waals surface area contributed by atoms with Crippen LogP contribution in [-0.2, 0) is 0 Å². The monoisotopic (exact) mass is 305 g/mol. The van der Waals surface area contributed by atoms with Crippen LogP contribution in [0.4, 0.5) is 5.82 Å². The number of nitrogens with one attached hydrogen (secondary N) is 1. The van der Waals surface area contributed by atoms with Crippen LogP contribution in [0.3, 0.4) is 0 Å². The fourth-order valence-corrected chi connectivity index (χ4v) is 1.75. The van der Waals surface area contributed by atoms with Crippen LogP contribution in [-0.4, -0.2) is 16.5 Å². The van der Waals surface area contributed by atoms with Crippen LogP contribution in [0.2, 0.25) is 0 Å². The molecule has 0 aliphatic carbocycles. The summed E-state index contributed by atoms with van der Waals surface area (Å²) in [5, 5.41) is 3.36. The Morgan fingerprint density at radius 2 is 2.14 bits per heavy atom. The summed E-state index contributed by atoms with van der Waals surface area (Å²) >= 11 is 2.24. The van der Waals surface area contributed by atoms with Crippen molar-refractivity contribution in [1.29, 1.82) is 0 Å². The first-order chi connectivity index (χ1) is 6.77. The van der Waals surface area contributed by atoms with Gasteiger partial charge in [0.15, 0.2) is 0 Å². The van der Waals surface area contributed by atoms with Gasteiger partial charge < -0.3 is 5.32 Å². The van der Waals surface area contributed by atoms with Crippen LogP contribution >= 0.6 is 22.6 Å². The standard InChI is InChI=1S/C10H16IN3/c1-3-8(4-2)5-13-10-9(11)6-12-7-14-10/h6-8H,3-5H2,1-2H3,(H,12,13,14). The molecule has 78 valence electrons. The summed E-state index contributed by atoms with van der Waals surface area (Å²) < 4.78 is 1.08. The first-order valence-corrected chi connectivity index (χ1v) is 6.05. The molecule has 0 aliphatic heterocycles. The van der Waals surface area contributed by atoms with Gasteiger partial charge in [-0.1, -0.05) is 26.7 Å². The van der Waals surface area contributed by atoms with Crippen LogP contribution < -0.4 is 5.32 Å². The van der Waals surface area contributed by atoms with Gasteiger partial charge in [0.05, 0.1) is 3.57 Å². The van der Waals surface area contributed by atoms with E-state index < -0.39 is 0 Å². The Hall–Kier alpha value is -0.390. The van der Waals surface area contributed by atoms with Gasteiger partial charge in [0, 0.05) is 12.7 Å². The summed E-state index contributed by atoms with van der Waals surface area (Å²) in [6, 6.07) is 0. The van der Waals surface area contributed by atoms with Crippen molar-refractivity contribution in [3.05, 3.63) is 16.1 Å². The predicted octanol–water partition coefficient (Wildman–Crippen LogP) is 2.93. The highest BCUT2D eigenvalue weighted by molar-refractivity contribution is 14.1. The molecule has 14 heavy (non-hydrogen) atoms. The van der Waals surface area contributed by atoms with Gasteiger partial charge in [-0.2, -0.15) is 0 Å². The fourth-order valence-electron chi connectivity index (χ4n) is 1.26. The molecule has 0 fully saturated rings. The quantitative estimate of drug-likeness (QED) is 0.850. The summed E-state index contributed by atoms with van der Waals surface area (Å²) in [5.74, 6) is 1.69. The second-order valence-corrected chi connectivity index (χ2v) is 4.44. The highest BCUT2D eigenvalue weighted by atomic mass is 127. The van der Waals surface area contributed by atoms with E-state index in [-0.39, 0.29) is 0 Å². The summed E-state index contributed by atoms with van der Waals surface area (Å²) in [7, 11) is 0. The molecule has 0 spiro atoms. The van der Waals surface area contributed by atoms with E-state index in [1.807, 2.05) is 6.20 Å². The number of rotatable bonds is 5. The summed E-state index contributed by atoms with van der Waals surface area (Å²) in [6.45, 7) is 5.45. The number of hydrogen-bond acceptors (Lipinski definition) is 3. The molecular formula is C10H16IN3. The maximum absolute atomic E-state index is 4.19. The normalized spacial score (nSPS) is 10.6. The van der Waals surface area contributed by atoms with Crippen LogP contribution in [0.25, 0.3) is 0 Å². The Kier molecular flexibility index (Phi) is 5.14. The largest absolute Gasteiger partial charge is 0.369 e. The van der Waals surface area contributed by atoms with Crippen molar-refractivity contribution >= 4 is 28.4 Å². The number of nitrogens with zero attached hydrogens (tertiary/aromatic N) is 2. The molecule has 0 radical (unpaired) electrons. The van der Waals surface area contributed by atoms with Gasteiger partial charge in [-0.3, -0.25) is 0 Å². The Labute approximate surface area is 98.9 Å². The molecule has 0 bridgehead atoms. The van der Waals surface area contributed by atoms with Gasteiger partial charge in [0.25, 0.3) is 0 Å². The van der Waals surface area contributed by atoms with Gasteiger partial charge in [-0.05, 0) is 28.5 Å². The van der Waals surface area contributed by atoms with E-state index in [0.717, 1.165) is 21.9 Å². The molecule has 0 aromatic carbocycles. The lowest BCUT2D eigenvalue weighted by atomic mass is 10.0. The van der Waals surface area contributed by atoms with Crippen molar-refractivity contribution in [3.63, 3.8) is 0 Å². The second-order valence-electron chi connectivity index (χ2n) is 3.28. The van der Waals surface area contributed by atoms with Gasteiger partial charge >= 0.3 is 0 Å². The van der Waals surface area contributed by atoms with Gasteiger partial charge in [0.1, 0.15) is 12.1 Å². The van der Waals surface area contributed by atoms with E-state index in [2.05, 4.69) is 51.7 Å². The third-order valence-electron chi connectivity index (χ3n) is 2.38. The second kappa shape index (κ2) is 6.16. The molecular weight excluding hydrogens is 289 g/mol. The van der Waals surface area contributed by atoms with E-state index in [4.69, 9.17) is 0 Å². The minimum absolute atomic E-state index is 0.737. The summed E-state index contributed by atoms with van der Waals surface area (Å²) in [6.07, 6.45) is 5.83. The smallest absolute Gasteiger partial charge is 0.142 e. The minimum Gasteiger partial charge on any atom is -0.369 e. The molecule has 0 unspecified atom stereocenters. The lowest BCUT2D eigenvalue weighted by molar-refractivity contribution is 0.518. The Balaban J connectivity index is 2.49.